The number of hydrogen-bond acceptors (Lipinski definition) is 6. The van der Waals surface area contributed by atoms with Gasteiger partial charge in [0.05, 0.1) is 24.2 Å². The molecule has 0 spiro atoms. The lowest BCUT2D eigenvalue weighted by Gasteiger charge is -2.20. The van der Waals surface area contributed by atoms with Crippen LogP contribution in [0.4, 0.5) is 5.69 Å². The molecule has 20 heavy (non-hydrogen) atoms. The van der Waals surface area contributed by atoms with Gasteiger partial charge in [0.15, 0.2) is 0 Å². The number of ether oxygens (including phenoxy) is 1. The van der Waals surface area contributed by atoms with Crippen molar-refractivity contribution in [1.82, 2.24) is 5.32 Å². The second kappa shape index (κ2) is 6.31. The summed E-state index contributed by atoms with van der Waals surface area (Å²) in [5.74, 6) is -0.462. The molecule has 3 N–H and O–H groups in total. The first-order valence-corrected chi connectivity index (χ1v) is 5.74. The maximum Gasteiger partial charge on any atom is 0.270 e. The minimum absolute atomic E-state index is 0.0181. The number of nitro benzene ring substituents is 1. The van der Waals surface area contributed by atoms with Crippen LogP contribution in [-0.4, -0.2) is 46.9 Å². The molecular formula is C12H16N2O6. The van der Waals surface area contributed by atoms with Gasteiger partial charge in [-0.3, -0.25) is 14.9 Å². The van der Waals surface area contributed by atoms with Crippen LogP contribution >= 0.6 is 0 Å². The number of amides is 1. The third kappa shape index (κ3) is 3.90. The minimum atomic E-state index is -1.47. The number of aliphatic hydroxyl groups is 2. The van der Waals surface area contributed by atoms with Gasteiger partial charge in [0, 0.05) is 18.7 Å². The first-order chi connectivity index (χ1) is 9.30. The lowest BCUT2D eigenvalue weighted by Crippen LogP contribution is -2.43. The lowest BCUT2D eigenvalue weighted by atomic mass is 10.1. The minimum Gasteiger partial charge on any atom is -0.496 e. The molecule has 0 saturated carbocycles. The highest BCUT2D eigenvalue weighted by Crippen LogP contribution is 2.23. The SMILES string of the molecule is COc1ccc([N+](=O)[O-])cc1C(=O)NCC(C)(O)CO. The Morgan fingerprint density at radius 1 is 1.55 bits per heavy atom. The van der Waals surface area contributed by atoms with Crippen molar-refractivity contribution in [2.75, 3.05) is 20.3 Å². The van der Waals surface area contributed by atoms with Crippen molar-refractivity contribution in [3.63, 3.8) is 0 Å². The average molecular weight is 284 g/mol. The molecule has 0 aliphatic heterocycles. The van der Waals surface area contributed by atoms with Crippen LogP contribution in [0.25, 0.3) is 0 Å². The molecule has 1 amide bonds. The molecule has 1 unspecified atom stereocenters. The molecule has 1 atom stereocenters. The maximum absolute atomic E-state index is 12.0. The van der Waals surface area contributed by atoms with E-state index in [2.05, 4.69) is 5.32 Å². The molecule has 8 heteroatoms. The van der Waals surface area contributed by atoms with Crippen molar-refractivity contribution in [2.24, 2.45) is 0 Å². The number of nitrogens with one attached hydrogen (secondary N) is 1. The van der Waals surface area contributed by atoms with Crippen molar-refractivity contribution in [3.05, 3.63) is 33.9 Å². The molecule has 0 aliphatic rings. The lowest BCUT2D eigenvalue weighted by molar-refractivity contribution is -0.384. The molecule has 0 radical (unpaired) electrons. The van der Waals surface area contributed by atoms with Gasteiger partial charge < -0.3 is 20.3 Å². The van der Waals surface area contributed by atoms with Gasteiger partial charge >= 0.3 is 0 Å². The van der Waals surface area contributed by atoms with Crippen LogP contribution in [0.3, 0.4) is 0 Å². The van der Waals surface area contributed by atoms with Gasteiger partial charge in [0.2, 0.25) is 0 Å². The number of benzene rings is 1. The molecule has 0 aliphatic carbocycles. The first-order valence-electron chi connectivity index (χ1n) is 5.74. The summed E-state index contributed by atoms with van der Waals surface area (Å²) in [6.07, 6.45) is 0. The monoisotopic (exact) mass is 284 g/mol. The largest absolute Gasteiger partial charge is 0.496 e. The van der Waals surface area contributed by atoms with E-state index >= 15 is 0 Å². The molecule has 0 fully saturated rings. The van der Waals surface area contributed by atoms with E-state index in [9.17, 15) is 20.0 Å². The topological polar surface area (TPSA) is 122 Å². The smallest absolute Gasteiger partial charge is 0.270 e. The number of carbonyl (C=O) groups excluding carboxylic acids is 1. The summed E-state index contributed by atoms with van der Waals surface area (Å²) in [4.78, 5) is 22.0. The Balaban J connectivity index is 2.96. The zero-order valence-corrected chi connectivity index (χ0v) is 11.1. The van der Waals surface area contributed by atoms with E-state index < -0.39 is 23.0 Å². The van der Waals surface area contributed by atoms with E-state index in [0.717, 1.165) is 6.07 Å². The predicted molar refractivity (Wildman–Crippen MR) is 69.7 cm³/mol. The third-order valence-electron chi connectivity index (χ3n) is 2.61. The van der Waals surface area contributed by atoms with Gasteiger partial charge in [-0.05, 0) is 13.0 Å². The highest BCUT2D eigenvalue weighted by Gasteiger charge is 2.22. The Morgan fingerprint density at radius 2 is 2.20 bits per heavy atom. The molecule has 1 aromatic rings. The molecule has 110 valence electrons. The Morgan fingerprint density at radius 3 is 2.70 bits per heavy atom. The summed E-state index contributed by atoms with van der Waals surface area (Å²) in [7, 11) is 1.34. The zero-order chi connectivity index (χ0) is 15.3. The van der Waals surface area contributed by atoms with Crippen molar-refractivity contribution in [1.29, 1.82) is 0 Å². The second-order valence-corrected chi connectivity index (χ2v) is 4.48. The number of methoxy groups -OCH3 is 1. The van der Waals surface area contributed by atoms with Crippen LogP contribution < -0.4 is 10.1 Å². The highest BCUT2D eigenvalue weighted by atomic mass is 16.6. The van der Waals surface area contributed by atoms with Gasteiger partial charge in [-0.15, -0.1) is 0 Å². The Hall–Kier alpha value is -2.19. The van der Waals surface area contributed by atoms with Crippen molar-refractivity contribution < 1.29 is 24.7 Å². The summed E-state index contributed by atoms with van der Waals surface area (Å²) in [5, 5.41) is 31.5. The van der Waals surface area contributed by atoms with Gasteiger partial charge in [-0.2, -0.15) is 0 Å². The first kappa shape index (κ1) is 15.9. The van der Waals surface area contributed by atoms with Crippen LogP contribution in [-0.2, 0) is 0 Å². The second-order valence-electron chi connectivity index (χ2n) is 4.48. The normalized spacial score (nSPS) is 13.4. The standard InChI is InChI=1S/C12H16N2O6/c1-12(17,7-15)6-13-11(16)9-5-8(14(18)19)3-4-10(9)20-2/h3-5,15,17H,6-7H2,1-2H3,(H,13,16). The summed E-state index contributed by atoms with van der Waals surface area (Å²) in [6, 6.07) is 3.62. The summed E-state index contributed by atoms with van der Waals surface area (Å²) in [6.45, 7) is 0.617. The third-order valence-corrected chi connectivity index (χ3v) is 2.61. The van der Waals surface area contributed by atoms with E-state index in [1.54, 1.807) is 0 Å². The van der Waals surface area contributed by atoms with Crippen LogP contribution in [0.5, 0.6) is 5.75 Å². The molecule has 0 heterocycles. The molecule has 0 bridgehead atoms. The number of non-ortho nitro benzene ring substituents is 1. The number of nitrogens with zero attached hydrogens (tertiary/aromatic N) is 1. The Labute approximate surface area is 115 Å². The van der Waals surface area contributed by atoms with E-state index in [0.29, 0.717) is 0 Å². The van der Waals surface area contributed by atoms with Crippen LogP contribution in [0.15, 0.2) is 18.2 Å². The molecule has 0 saturated heterocycles. The number of rotatable bonds is 6. The van der Waals surface area contributed by atoms with Crippen LogP contribution in [0, 0.1) is 10.1 Å². The zero-order valence-electron chi connectivity index (χ0n) is 11.1. The fourth-order valence-corrected chi connectivity index (χ4v) is 1.41. The van der Waals surface area contributed by atoms with Crippen LogP contribution in [0.2, 0.25) is 0 Å². The highest BCUT2D eigenvalue weighted by molar-refractivity contribution is 5.97. The van der Waals surface area contributed by atoms with E-state index in [1.807, 2.05) is 0 Å². The van der Waals surface area contributed by atoms with E-state index in [-0.39, 0.29) is 23.5 Å². The van der Waals surface area contributed by atoms with E-state index in [4.69, 9.17) is 9.84 Å². The maximum atomic E-state index is 12.0. The van der Waals surface area contributed by atoms with Gasteiger partial charge in [-0.1, -0.05) is 0 Å². The fourth-order valence-electron chi connectivity index (χ4n) is 1.41. The van der Waals surface area contributed by atoms with Gasteiger partial charge in [0.25, 0.3) is 11.6 Å². The molecular weight excluding hydrogens is 268 g/mol. The van der Waals surface area contributed by atoms with Gasteiger partial charge in [-0.25, -0.2) is 0 Å². The summed E-state index contributed by atoms with van der Waals surface area (Å²) in [5.41, 5.74) is -1.73. The Kier molecular flexibility index (Phi) is 5.00. The predicted octanol–water partition coefficient (Wildman–Crippen LogP) is 0.0765. The molecule has 8 nitrogen and oxygen atoms in total. The number of aliphatic hydroxyl groups excluding tert-OH is 1. The van der Waals surface area contributed by atoms with Crippen molar-refractivity contribution >= 4 is 11.6 Å². The average Bonchev–Trinajstić information content (AvgIpc) is 2.44. The molecule has 1 rings (SSSR count). The fraction of sp³-hybridized carbons (Fsp3) is 0.417. The quantitative estimate of drug-likeness (QED) is 0.502. The number of hydrogen-bond donors (Lipinski definition) is 3. The molecule has 1 aromatic carbocycles. The number of nitro groups is 1. The van der Waals surface area contributed by atoms with Crippen LogP contribution in [0.1, 0.15) is 17.3 Å². The Bertz CT molecular complexity index is 515. The molecule has 0 aromatic heterocycles. The number of carbonyl (C=O) groups is 1. The van der Waals surface area contributed by atoms with Crippen molar-refractivity contribution in [2.45, 2.75) is 12.5 Å². The van der Waals surface area contributed by atoms with Crippen molar-refractivity contribution in [3.8, 4) is 5.75 Å². The van der Waals surface area contributed by atoms with E-state index in [1.165, 1.54) is 26.2 Å². The summed E-state index contributed by atoms with van der Waals surface area (Å²) >= 11 is 0. The van der Waals surface area contributed by atoms with Gasteiger partial charge in [0.1, 0.15) is 11.4 Å². The summed E-state index contributed by atoms with van der Waals surface area (Å²) < 4.78 is 4.96.